The number of carbonyl (C=O) groups is 1. The number of thioether (sulfide) groups is 1. The standard InChI is InChI=1S/C26H25ClN4O2S/c1-30-24(18-33-23-15-9-8-14-22(23)27)28-29-26(30)34-19-25(32)31(16-20-10-4-2-5-11-20)17-21-12-6-3-7-13-21/h2-15H,16-19H2,1H3. The van der Waals surface area contributed by atoms with E-state index in [-0.39, 0.29) is 18.3 Å². The highest BCUT2D eigenvalue weighted by Crippen LogP contribution is 2.24. The SMILES string of the molecule is Cn1c(COc2ccccc2Cl)nnc1SCC(=O)N(Cc1ccccc1)Cc1ccccc1. The average molecular weight is 493 g/mol. The highest BCUT2D eigenvalue weighted by molar-refractivity contribution is 7.99. The number of carbonyl (C=O) groups excluding carboxylic acids is 1. The molecule has 3 aromatic carbocycles. The summed E-state index contributed by atoms with van der Waals surface area (Å²) in [5.41, 5.74) is 2.18. The van der Waals surface area contributed by atoms with Crippen molar-refractivity contribution in [1.82, 2.24) is 19.7 Å². The molecule has 0 spiro atoms. The topological polar surface area (TPSA) is 60.2 Å². The lowest BCUT2D eigenvalue weighted by atomic mass is 10.1. The first-order valence-electron chi connectivity index (χ1n) is 10.8. The van der Waals surface area contributed by atoms with E-state index in [1.165, 1.54) is 11.8 Å². The fourth-order valence-electron chi connectivity index (χ4n) is 3.36. The van der Waals surface area contributed by atoms with Crippen LogP contribution in [0.3, 0.4) is 0 Å². The summed E-state index contributed by atoms with van der Waals surface area (Å²) in [5, 5.41) is 9.66. The second-order valence-corrected chi connectivity index (χ2v) is 9.04. The van der Waals surface area contributed by atoms with Crippen molar-refractivity contribution in [2.45, 2.75) is 24.9 Å². The van der Waals surface area contributed by atoms with Gasteiger partial charge in [0, 0.05) is 20.1 Å². The minimum atomic E-state index is 0.0366. The molecule has 0 unspecified atom stereocenters. The summed E-state index contributed by atoms with van der Waals surface area (Å²) in [7, 11) is 1.86. The first-order valence-corrected chi connectivity index (χ1v) is 12.2. The van der Waals surface area contributed by atoms with Crippen LogP contribution >= 0.6 is 23.4 Å². The van der Waals surface area contributed by atoms with Gasteiger partial charge in [0.2, 0.25) is 5.91 Å². The molecule has 0 fully saturated rings. The van der Waals surface area contributed by atoms with E-state index in [1.807, 2.05) is 89.3 Å². The van der Waals surface area contributed by atoms with Crippen LogP contribution in [0.2, 0.25) is 5.02 Å². The van der Waals surface area contributed by atoms with Gasteiger partial charge in [-0.15, -0.1) is 10.2 Å². The van der Waals surface area contributed by atoms with Gasteiger partial charge in [-0.05, 0) is 23.3 Å². The lowest BCUT2D eigenvalue weighted by Crippen LogP contribution is -2.31. The smallest absolute Gasteiger partial charge is 0.233 e. The maximum absolute atomic E-state index is 13.2. The van der Waals surface area contributed by atoms with Gasteiger partial charge in [-0.2, -0.15) is 0 Å². The van der Waals surface area contributed by atoms with Gasteiger partial charge in [-0.3, -0.25) is 4.79 Å². The molecule has 8 heteroatoms. The van der Waals surface area contributed by atoms with Crippen LogP contribution in [0.15, 0.2) is 90.1 Å². The van der Waals surface area contributed by atoms with Crippen LogP contribution in [0, 0.1) is 0 Å². The number of rotatable bonds is 10. The predicted molar refractivity (Wildman–Crippen MR) is 135 cm³/mol. The van der Waals surface area contributed by atoms with E-state index in [1.54, 1.807) is 12.1 Å². The Bertz CT molecular complexity index is 1180. The van der Waals surface area contributed by atoms with E-state index < -0.39 is 0 Å². The molecule has 6 nitrogen and oxygen atoms in total. The van der Waals surface area contributed by atoms with Gasteiger partial charge in [-0.1, -0.05) is 96.2 Å². The van der Waals surface area contributed by atoms with Crippen LogP contribution in [0.5, 0.6) is 5.75 Å². The molecule has 0 aliphatic heterocycles. The lowest BCUT2D eigenvalue weighted by Gasteiger charge is -2.23. The van der Waals surface area contributed by atoms with Crippen LogP contribution in [0.4, 0.5) is 0 Å². The molecular formula is C26H25ClN4O2S. The van der Waals surface area contributed by atoms with E-state index in [0.717, 1.165) is 11.1 Å². The number of benzene rings is 3. The lowest BCUT2D eigenvalue weighted by molar-refractivity contribution is -0.129. The summed E-state index contributed by atoms with van der Waals surface area (Å²) in [4.78, 5) is 15.1. The number of hydrogen-bond donors (Lipinski definition) is 0. The first kappa shape index (κ1) is 23.9. The van der Waals surface area contributed by atoms with Crippen molar-refractivity contribution in [2.24, 2.45) is 7.05 Å². The molecule has 0 bridgehead atoms. The molecule has 0 radical (unpaired) electrons. The van der Waals surface area contributed by atoms with E-state index in [2.05, 4.69) is 10.2 Å². The highest BCUT2D eigenvalue weighted by Gasteiger charge is 2.18. The fraction of sp³-hybridized carbons (Fsp3) is 0.192. The largest absolute Gasteiger partial charge is 0.484 e. The highest BCUT2D eigenvalue weighted by atomic mass is 35.5. The third-order valence-electron chi connectivity index (χ3n) is 5.23. The van der Waals surface area contributed by atoms with E-state index >= 15 is 0 Å². The second-order valence-electron chi connectivity index (χ2n) is 7.69. The summed E-state index contributed by atoms with van der Waals surface area (Å²) in [6.07, 6.45) is 0. The quantitative estimate of drug-likeness (QED) is 0.278. The fourth-order valence-corrected chi connectivity index (χ4v) is 4.38. The third-order valence-corrected chi connectivity index (χ3v) is 6.55. The molecule has 4 rings (SSSR count). The maximum Gasteiger partial charge on any atom is 0.233 e. The van der Waals surface area contributed by atoms with E-state index in [0.29, 0.717) is 34.8 Å². The van der Waals surface area contributed by atoms with Crippen LogP contribution in [-0.4, -0.2) is 31.3 Å². The average Bonchev–Trinajstić information content (AvgIpc) is 3.22. The Morgan fingerprint density at radius 1 is 0.912 bits per heavy atom. The summed E-state index contributed by atoms with van der Waals surface area (Å²) in [6.45, 7) is 1.33. The first-order chi connectivity index (χ1) is 16.6. The summed E-state index contributed by atoms with van der Waals surface area (Å²) in [6, 6.07) is 27.3. The zero-order valence-corrected chi connectivity index (χ0v) is 20.4. The molecule has 0 aliphatic rings. The maximum atomic E-state index is 13.2. The van der Waals surface area contributed by atoms with Crippen molar-refractivity contribution in [3.8, 4) is 5.75 Å². The van der Waals surface area contributed by atoms with Gasteiger partial charge in [-0.25, -0.2) is 0 Å². The van der Waals surface area contributed by atoms with E-state index in [9.17, 15) is 4.79 Å². The van der Waals surface area contributed by atoms with Gasteiger partial charge in [0.25, 0.3) is 0 Å². The summed E-state index contributed by atoms with van der Waals surface area (Å²) < 4.78 is 7.61. The Labute approximate surface area is 208 Å². The molecule has 1 amide bonds. The van der Waals surface area contributed by atoms with Gasteiger partial charge < -0.3 is 14.2 Å². The van der Waals surface area contributed by atoms with Crippen molar-refractivity contribution in [3.63, 3.8) is 0 Å². The monoisotopic (exact) mass is 492 g/mol. The van der Waals surface area contributed by atoms with Crippen molar-refractivity contribution in [1.29, 1.82) is 0 Å². The van der Waals surface area contributed by atoms with Crippen molar-refractivity contribution in [2.75, 3.05) is 5.75 Å². The molecule has 34 heavy (non-hydrogen) atoms. The number of ether oxygens (including phenoxy) is 1. The second kappa shape index (κ2) is 11.7. The van der Waals surface area contributed by atoms with Crippen LogP contribution in [0.25, 0.3) is 0 Å². The molecule has 0 atom stereocenters. The number of para-hydroxylation sites is 1. The molecule has 0 saturated carbocycles. The molecule has 0 aliphatic carbocycles. The number of halogens is 1. The predicted octanol–water partition coefficient (Wildman–Crippen LogP) is 5.37. The minimum Gasteiger partial charge on any atom is -0.484 e. The van der Waals surface area contributed by atoms with Gasteiger partial charge in [0.1, 0.15) is 12.4 Å². The van der Waals surface area contributed by atoms with Gasteiger partial charge >= 0.3 is 0 Å². The van der Waals surface area contributed by atoms with Crippen LogP contribution in [-0.2, 0) is 31.5 Å². The van der Waals surface area contributed by atoms with Crippen LogP contribution < -0.4 is 4.74 Å². The number of nitrogens with zero attached hydrogens (tertiary/aromatic N) is 4. The minimum absolute atomic E-state index is 0.0366. The van der Waals surface area contributed by atoms with Gasteiger partial charge in [0.15, 0.2) is 11.0 Å². The Morgan fingerprint density at radius 2 is 1.50 bits per heavy atom. The van der Waals surface area contributed by atoms with Crippen molar-refractivity contribution >= 4 is 29.3 Å². The zero-order valence-electron chi connectivity index (χ0n) is 18.8. The number of aromatic nitrogens is 3. The Balaban J connectivity index is 1.39. The molecule has 0 saturated heterocycles. The van der Waals surface area contributed by atoms with Crippen LogP contribution in [0.1, 0.15) is 17.0 Å². The Morgan fingerprint density at radius 3 is 2.12 bits per heavy atom. The number of amides is 1. The zero-order chi connectivity index (χ0) is 23.8. The molecule has 1 aromatic heterocycles. The molecule has 1 heterocycles. The summed E-state index contributed by atoms with van der Waals surface area (Å²) in [5.74, 6) is 1.54. The molecular weight excluding hydrogens is 468 g/mol. The van der Waals surface area contributed by atoms with Crippen molar-refractivity contribution in [3.05, 3.63) is 107 Å². The summed E-state index contributed by atoms with van der Waals surface area (Å²) >= 11 is 7.52. The molecule has 0 N–H and O–H groups in total. The number of hydrogen-bond acceptors (Lipinski definition) is 5. The molecule has 4 aromatic rings. The molecule has 174 valence electrons. The Hall–Kier alpha value is -3.29. The van der Waals surface area contributed by atoms with E-state index in [4.69, 9.17) is 16.3 Å². The third kappa shape index (κ3) is 6.40. The Kier molecular flexibility index (Phi) is 8.22. The normalized spacial score (nSPS) is 10.8. The van der Waals surface area contributed by atoms with Crippen molar-refractivity contribution < 1.29 is 9.53 Å². The van der Waals surface area contributed by atoms with Gasteiger partial charge in [0.05, 0.1) is 10.8 Å².